The minimum absolute atomic E-state index is 0.354. The maximum absolute atomic E-state index is 5.90. The van der Waals surface area contributed by atoms with Crippen LogP contribution in [0.25, 0.3) is 0 Å². The molecule has 1 saturated heterocycles. The van der Waals surface area contributed by atoms with Gasteiger partial charge in [0.25, 0.3) is 0 Å². The van der Waals surface area contributed by atoms with Gasteiger partial charge in [0.15, 0.2) is 0 Å². The minimum Gasteiger partial charge on any atom is -0.380 e. The van der Waals surface area contributed by atoms with Crippen LogP contribution in [0.4, 0.5) is 0 Å². The van der Waals surface area contributed by atoms with E-state index in [1.54, 1.807) is 5.57 Å². The molecule has 2 saturated carbocycles. The van der Waals surface area contributed by atoms with Crippen molar-refractivity contribution in [3.05, 3.63) is 11.6 Å². The summed E-state index contributed by atoms with van der Waals surface area (Å²) >= 11 is 3.99. The first-order chi connectivity index (χ1) is 9.56. The van der Waals surface area contributed by atoms with E-state index < -0.39 is 0 Å². The quantitative estimate of drug-likeness (QED) is 0.448. The van der Waals surface area contributed by atoms with Crippen molar-refractivity contribution in [1.82, 2.24) is 0 Å². The molecule has 0 radical (unpaired) electrons. The molecule has 112 valence electrons. The summed E-state index contributed by atoms with van der Waals surface area (Å²) in [7, 11) is 0. The SMILES string of the molecule is C[C@]12COCCC1=CC[C@@H]1[C@H]2CC[C@]2(C)C(Br)CC[C@@H]12. The Morgan fingerprint density at radius 2 is 2.05 bits per heavy atom. The smallest absolute Gasteiger partial charge is 0.0559 e. The van der Waals surface area contributed by atoms with Crippen molar-refractivity contribution in [2.45, 2.75) is 57.2 Å². The first-order valence-electron chi connectivity index (χ1n) is 8.47. The summed E-state index contributed by atoms with van der Waals surface area (Å²) in [5, 5.41) is 0. The predicted molar refractivity (Wildman–Crippen MR) is 86.0 cm³/mol. The van der Waals surface area contributed by atoms with Crippen molar-refractivity contribution in [1.29, 1.82) is 0 Å². The zero-order chi connectivity index (χ0) is 14.0. The van der Waals surface area contributed by atoms with E-state index >= 15 is 0 Å². The van der Waals surface area contributed by atoms with Crippen LogP contribution in [0.3, 0.4) is 0 Å². The Bertz CT molecular complexity index is 445. The third kappa shape index (κ3) is 1.70. The molecule has 0 aromatic carbocycles. The van der Waals surface area contributed by atoms with Gasteiger partial charge < -0.3 is 4.74 Å². The molecule has 1 nitrogen and oxygen atoms in total. The van der Waals surface area contributed by atoms with Crippen molar-refractivity contribution < 1.29 is 4.74 Å². The third-order valence-electron chi connectivity index (χ3n) is 7.43. The number of alkyl halides is 1. The van der Waals surface area contributed by atoms with Crippen LogP contribution in [0.1, 0.15) is 52.4 Å². The van der Waals surface area contributed by atoms with Crippen molar-refractivity contribution in [2.24, 2.45) is 28.6 Å². The highest BCUT2D eigenvalue weighted by molar-refractivity contribution is 9.09. The second kappa shape index (κ2) is 4.59. The van der Waals surface area contributed by atoms with Crippen LogP contribution in [-0.4, -0.2) is 18.0 Å². The molecule has 2 heteroatoms. The Balaban J connectivity index is 1.69. The highest BCUT2D eigenvalue weighted by Gasteiger charge is 2.57. The van der Waals surface area contributed by atoms with E-state index in [4.69, 9.17) is 4.74 Å². The highest BCUT2D eigenvalue weighted by Crippen LogP contribution is 2.64. The van der Waals surface area contributed by atoms with E-state index in [9.17, 15) is 0 Å². The molecule has 4 aliphatic rings. The monoisotopic (exact) mass is 338 g/mol. The van der Waals surface area contributed by atoms with Gasteiger partial charge in [0.2, 0.25) is 0 Å². The molecule has 4 rings (SSSR count). The lowest BCUT2D eigenvalue weighted by molar-refractivity contribution is -0.0675. The van der Waals surface area contributed by atoms with Crippen LogP contribution in [0, 0.1) is 28.6 Å². The first kappa shape index (κ1) is 13.8. The molecule has 1 unspecified atom stereocenters. The van der Waals surface area contributed by atoms with Gasteiger partial charge in [-0.15, -0.1) is 0 Å². The van der Waals surface area contributed by atoms with Gasteiger partial charge in [-0.3, -0.25) is 0 Å². The van der Waals surface area contributed by atoms with Gasteiger partial charge in [-0.2, -0.15) is 0 Å². The van der Waals surface area contributed by atoms with Gasteiger partial charge in [-0.05, 0) is 61.7 Å². The minimum atomic E-state index is 0.354. The molecular weight excluding hydrogens is 312 g/mol. The Kier molecular flexibility index (Phi) is 3.17. The molecule has 6 atom stereocenters. The zero-order valence-corrected chi connectivity index (χ0v) is 14.4. The molecule has 3 fully saturated rings. The van der Waals surface area contributed by atoms with Gasteiger partial charge in [0, 0.05) is 10.2 Å². The summed E-state index contributed by atoms with van der Waals surface area (Å²) in [5.41, 5.74) is 2.63. The van der Waals surface area contributed by atoms with E-state index in [2.05, 4.69) is 35.9 Å². The number of allylic oxidation sites excluding steroid dienone is 1. The first-order valence-corrected chi connectivity index (χ1v) is 9.38. The molecule has 0 amide bonds. The molecule has 1 heterocycles. The van der Waals surface area contributed by atoms with Crippen LogP contribution in [0.5, 0.6) is 0 Å². The fourth-order valence-corrected chi connectivity index (χ4v) is 6.98. The van der Waals surface area contributed by atoms with E-state index in [-0.39, 0.29) is 0 Å². The summed E-state index contributed by atoms with van der Waals surface area (Å²) in [6.07, 6.45) is 10.8. The Hall–Kier alpha value is 0.180. The molecule has 1 aliphatic heterocycles. The third-order valence-corrected chi connectivity index (χ3v) is 8.93. The lowest BCUT2D eigenvalue weighted by atomic mass is 9.50. The summed E-state index contributed by atoms with van der Waals surface area (Å²) in [6.45, 7) is 6.97. The van der Waals surface area contributed by atoms with Gasteiger partial charge in [0.1, 0.15) is 0 Å². The number of halogens is 1. The van der Waals surface area contributed by atoms with Crippen molar-refractivity contribution in [2.75, 3.05) is 13.2 Å². The maximum Gasteiger partial charge on any atom is 0.0559 e. The van der Waals surface area contributed by atoms with Crippen molar-refractivity contribution in [3.63, 3.8) is 0 Å². The van der Waals surface area contributed by atoms with Gasteiger partial charge in [0.05, 0.1) is 13.2 Å². The molecule has 0 aromatic heterocycles. The predicted octanol–water partition coefficient (Wildman–Crippen LogP) is 4.95. The molecule has 0 spiro atoms. The number of rotatable bonds is 0. The summed E-state index contributed by atoms with van der Waals surface area (Å²) in [6, 6.07) is 0. The maximum atomic E-state index is 5.90. The fourth-order valence-electron chi connectivity index (χ4n) is 6.15. The Morgan fingerprint density at radius 3 is 2.90 bits per heavy atom. The molecular formula is C18H27BrO. The summed E-state index contributed by atoms with van der Waals surface area (Å²) < 4.78 is 5.90. The number of hydrogen-bond acceptors (Lipinski definition) is 1. The Labute approximate surface area is 131 Å². The molecule has 0 bridgehead atoms. The number of hydrogen-bond donors (Lipinski definition) is 0. The topological polar surface area (TPSA) is 9.23 Å². The second-order valence-electron chi connectivity index (χ2n) is 8.15. The van der Waals surface area contributed by atoms with Gasteiger partial charge >= 0.3 is 0 Å². The molecule has 0 aromatic rings. The highest BCUT2D eigenvalue weighted by atomic mass is 79.9. The molecule has 20 heavy (non-hydrogen) atoms. The van der Waals surface area contributed by atoms with Crippen LogP contribution in [0.2, 0.25) is 0 Å². The van der Waals surface area contributed by atoms with Crippen molar-refractivity contribution >= 4 is 15.9 Å². The zero-order valence-electron chi connectivity index (χ0n) is 12.8. The lowest BCUT2D eigenvalue weighted by Crippen LogP contribution is -2.51. The number of fused-ring (bicyclic) bond motifs is 5. The van der Waals surface area contributed by atoms with E-state index in [1.165, 1.54) is 38.5 Å². The van der Waals surface area contributed by atoms with E-state index in [1.807, 2.05) is 0 Å². The van der Waals surface area contributed by atoms with Crippen molar-refractivity contribution in [3.8, 4) is 0 Å². The fraction of sp³-hybridized carbons (Fsp3) is 0.889. The molecule has 3 aliphatic carbocycles. The lowest BCUT2D eigenvalue weighted by Gasteiger charge is -2.57. The normalized spacial score (nSPS) is 54.6. The second-order valence-corrected chi connectivity index (χ2v) is 9.26. The largest absolute Gasteiger partial charge is 0.380 e. The van der Waals surface area contributed by atoms with Crippen LogP contribution < -0.4 is 0 Å². The average Bonchev–Trinajstić information content (AvgIpc) is 2.74. The standard InChI is InChI=1S/C18H27BrO/c1-17-9-7-15-13(14(17)5-6-16(17)19)4-3-12-8-10-20-11-18(12,15)2/h3,13-16H,4-11H2,1-2H3/t13-,14-,15+,16?,17-,18-/m0/s1. The molecule has 0 N–H and O–H groups in total. The van der Waals surface area contributed by atoms with Crippen LogP contribution in [-0.2, 0) is 4.74 Å². The van der Waals surface area contributed by atoms with E-state index in [0.717, 1.165) is 35.8 Å². The van der Waals surface area contributed by atoms with Gasteiger partial charge in [-0.25, -0.2) is 0 Å². The Morgan fingerprint density at radius 1 is 1.20 bits per heavy atom. The number of ether oxygens (including phenoxy) is 1. The van der Waals surface area contributed by atoms with Crippen LogP contribution >= 0.6 is 15.9 Å². The summed E-state index contributed by atoms with van der Waals surface area (Å²) in [4.78, 5) is 0.752. The van der Waals surface area contributed by atoms with Gasteiger partial charge in [-0.1, -0.05) is 41.4 Å². The van der Waals surface area contributed by atoms with Crippen LogP contribution in [0.15, 0.2) is 11.6 Å². The average molecular weight is 339 g/mol. The van der Waals surface area contributed by atoms with E-state index in [0.29, 0.717) is 10.8 Å². The summed E-state index contributed by atoms with van der Waals surface area (Å²) in [5.74, 6) is 2.72.